The van der Waals surface area contributed by atoms with Crippen LogP contribution in [0.25, 0.3) is 0 Å². The lowest BCUT2D eigenvalue weighted by atomic mass is 9.93. The third-order valence-electron chi connectivity index (χ3n) is 3.77. The largest absolute Gasteiger partial charge is 0.356 e. The Bertz CT molecular complexity index is 230. The fourth-order valence-electron chi connectivity index (χ4n) is 2.31. The smallest absolute Gasteiger partial charge is 0.220 e. The van der Waals surface area contributed by atoms with Crippen LogP contribution in [0.15, 0.2) is 0 Å². The lowest BCUT2D eigenvalue weighted by Crippen LogP contribution is -2.38. The maximum atomic E-state index is 11.8. The fraction of sp³-hybridized carbons (Fsp3) is 0.929. The lowest BCUT2D eigenvalue weighted by molar-refractivity contribution is -0.122. The second kappa shape index (κ2) is 7.00. The molecule has 0 aromatic carbocycles. The van der Waals surface area contributed by atoms with Crippen molar-refractivity contribution >= 4 is 5.91 Å². The van der Waals surface area contributed by atoms with Crippen LogP contribution in [0.2, 0.25) is 0 Å². The van der Waals surface area contributed by atoms with Gasteiger partial charge >= 0.3 is 0 Å². The third kappa shape index (κ3) is 6.06. The quantitative estimate of drug-likeness (QED) is 0.725. The predicted octanol–water partition coefficient (Wildman–Crippen LogP) is 2.45. The lowest BCUT2D eigenvalue weighted by Gasteiger charge is -2.23. The van der Waals surface area contributed by atoms with Gasteiger partial charge in [0.25, 0.3) is 0 Å². The number of amides is 1. The van der Waals surface area contributed by atoms with Gasteiger partial charge in [0, 0.05) is 13.0 Å². The van der Waals surface area contributed by atoms with Crippen molar-refractivity contribution in [3.05, 3.63) is 0 Å². The highest BCUT2D eigenvalue weighted by molar-refractivity contribution is 5.76. The fourth-order valence-corrected chi connectivity index (χ4v) is 2.31. The van der Waals surface area contributed by atoms with E-state index in [9.17, 15) is 4.79 Å². The summed E-state index contributed by atoms with van der Waals surface area (Å²) in [5.74, 6) is 0.817. The second-order valence-corrected chi connectivity index (χ2v) is 6.21. The van der Waals surface area contributed by atoms with Crippen molar-refractivity contribution in [1.29, 1.82) is 0 Å². The molecule has 3 heteroatoms. The maximum Gasteiger partial charge on any atom is 0.220 e. The Labute approximate surface area is 106 Å². The van der Waals surface area contributed by atoms with Crippen molar-refractivity contribution in [2.45, 2.75) is 58.8 Å². The van der Waals surface area contributed by atoms with Gasteiger partial charge in [-0.05, 0) is 30.7 Å². The molecule has 0 saturated heterocycles. The van der Waals surface area contributed by atoms with E-state index in [2.05, 4.69) is 19.2 Å². The first-order valence-corrected chi connectivity index (χ1v) is 7.00. The first-order chi connectivity index (χ1) is 8.03. The average molecular weight is 240 g/mol. The Morgan fingerprint density at radius 1 is 1.24 bits per heavy atom. The number of nitrogens with two attached hydrogens (primary N) is 1. The first-order valence-electron chi connectivity index (χ1n) is 7.00. The Morgan fingerprint density at radius 3 is 2.35 bits per heavy atom. The highest BCUT2D eigenvalue weighted by atomic mass is 16.1. The third-order valence-corrected chi connectivity index (χ3v) is 3.77. The van der Waals surface area contributed by atoms with Crippen LogP contribution in [0.1, 0.15) is 58.8 Å². The zero-order valence-electron chi connectivity index (χ0n) is 11.4. The minimum absolute atomic E-state index is 0.0130. The van der Waals surface area contributed by atoms with Gasteiger partial charge < -0.3 is 11.1 Å². The SMILES string of the molecule is CC(C)(CN)CNC(=O)CC1CCCCCC1. The molecule has 100 valence electrons. The van der Waals surface area contributed by atoms with Crippen molar-refractivity contribution < 1.29 is 4.79 Å². The molecule has 0 aromatic heterocycles. The Hall–Kier alpha value is -0.570. The second-order valence-electron chi connectivity index (χ2n) is 6.21. The van der Waals surface area contributed by atoms with E-state index < -0.39 is 0 Å². The summed E-state index contributed by atoms with van der Waals surface area (Å²) in [4.78, 5) is 11.8. The Balaban J connectivity index is 2.24. The number of carbonyl (C=O) groups is 1. The van der Waals surface area contributed by atoms with Crippen LogP contribution in [-0.2, 0) is 4.79 Å². The molecule has 1 fully saturated rings. The van der Waals surface area contributed by atoms with Gasteiger partial charge in [-0.3, -0.25) is 4.79 Å². The van der Waals surface area contributed by atoms with Gasteiger partial charge in [-0.15, -0.1) is 0 Å². The summed E-state index contributed by atoms with van der Waals surface area (Å²) in [5, 5.41) is 3.02. The number of carbonyl (C=O) groups excluding carboxylic acids is 1. The molecule has 0 aromatic rings. The summed E-state index contributed by atoms with van der Waals surface area (Å²) in [6.07, 6.45) is 8.46. The van der Waals surface area contributed by atoms with E-state index in [0.29, 0.717) is 25.4 Å². The van der Waals surface area contributed by atoms with Gasteiger partial charge in [-0.1, -0.05) is 39.5 Å². The molecule has 1 amide bonds. The summed E-state index contributed by atoms with van der Waals surface area (Å²) in [5.41, 5.74) is 5.66. The van der Waals surface area contributed by atoms with E-state index in [1.165, 1.54) is 38.5 Å². The molecule has 0 atom stereocenters. The van der Waals surface area contributed by atoms with Gasteiger partial charge in [0.05, 0.1) is 0 Å². The molecule has 0 bridgehead atoms. The van der Waals surface area contributed by atoms with E-state index >= 15 is 0 Å². The van der Waals surface area contributed by atoms with Crippen molar-refractivity contribution in [2.24, 2.45) is 17.1 Å². The topological polar surface area (TPSA) is 55.1 Å². The summed E-state index contributed by atoms with van der Waals surface area (Å²) >= 11 is 0. The number of hydrogen-bond donors (Lipinski definition) is 2. The monoisotopic (exact) mass is 240 g/mol. The molecular formula is C14H28N2O. The van der Waals surface area contributed by atoms with Crippen LogP contribution in [0, 0.1) is 11.3 Å². The molecule has 0 heterocycles. The van der Waals surface area contributed by atoms with E-state index in [0.717, 1.165) is 0 Å². The highest BCUT2D eigenvalue weighted by Gasteiger charge is 2.19. The molecular weight excluding hydrogens is 212 g/mol. The minimum atomic E-state index is 0.0130. The summed E-state index contributed by atoms with van der Waals surface area (Å²) in [7, 11) is 0. The Kier molecular flexibility index (Phi) is 5.96. The van der Waals surface area contributed by atoms with Crippen LogP contribution in [-0.4, -0.2) is 19.0 Å². The van der Waals surface area contributed by atoms with Crippen molar-refractivity contribution in [3.8, 4) is 0 Å². The van der Waals surface area contributed by atoms with E-state index in [1.807, 2.05) is 0 Å². The van der Waals surface area contributed by atoms with Gasteiger partial charge in [0.1, 0.15) is 0 Å². The highest BCUT2D eigenvalue weighted by Crippen LogP contribution is 2.25. The van der Waals surface area contributed by atoms with E-state index in [1.54, 1.807) is 0 Å². The molecule has 3 N–H and O–H groups in total. The number of hydrogen-bond acceptors (Lipinski definition) is 2. The van der Waals surface area contributed by atoms with Crippen LogP contribution in [0.3, 0.4) is 0 Å². The molecule has 1 rings (SSSR count). The first kappa shape index (κ1) is 14.5. The average Bonchev–Trinajstić information content (AvgIpc) is 2.55. The normalized spacial score (nSPS) is 18.8. The molecule has 0 aliphatic heterocycles. The van der Waals surface area contributed by atoms with Gasteiger partial charge in [-0.2, -0.15) is 0 Å². The maximum absolute atomic E-state index is 11.8. The zero-order chi connectivity index (χ0) is 12.7. The van der Waals surface area contributed by atoms with Crippen molar-refractivity contribution in [2.75, 3.05) is 13.1 Å². The van der Waals surface area contributed by atoms with Crippen LogP contribution < -0.4 is 11.1 Å². The Morgan fingerprint density at radius 2 is 1.82 bits per heavy atom. The summed E-state index contributed by atoms with van der Waals surface area (Å²) in [6.45, 7) is 5.46. The van der Waals surface area contributed by atoms with Crippen LogP contribution >= 0.6 is 0 Å². The van der Waals surface area contributed by atoms with Gasteiger partial charge in [-0.25, -0.2) is 0 Å². The standard InChI is InChI=1S/C14H28N2O/c1-14(2,10-15)11-16-13(17)9-12-7-5-3-4-6-8-12/h12H,3-11,15H2,1-2H3,(H,16,17). The zero-order valence-corrected chi connectivity index (χ0v) is 11.4. The van der Waals surface area contributed by atoms with Crippen molar-refractivity contribution in [3.63, 3.8) is 0 Å². The minimum Gasteiger partial charge on any atom is -0.356 e. The number of rotatable bonds is 5. The molecule has 0 radical (unpaired) electrons. The molecule has 0 unspecified atom stereocenters. The van der Waals surface area contributed by atoms with Crippen LogP contribution in [0.4, 0.5) is 0 Å². The molecule has 1 saturated carbocycles. The van der Waals surface area contributed by atoms with Crippen molar-refractivity contribution in [1.82, 2.24) is 5.32 Å². The molecule has 3 nitrogen and oxygen atoms in total. The van der Waals surface area contributed by atoms with Crippen LogP contribution in [0.5, 0.6) is 0 Å². The molecule has 1 aliphatic rings. The van der Waals surface area contributed by atoms with E-state index in [-0.39, 0.29) is 11.3 Å². The summed E-state index contributed by atoms with van der Waals surface area (Å²) in [6, 6.07) is 0. The predicted molar refractivity (Wildman–Crippen MR) is 71.7 cm³/mol. The van der Waals surface area contributed by atoms with Gasteiger partial charge in [0.15, 0.2) is 0 Å². The number of nitrogens with one attached hydrogen (secondary N) is 1. The summed E-state index contributed by atoms with van der Waals surface area (Å²) < 4.78 is 0. The molecule has 1 aliphatic carbocycles. The van der Waals surface area contributed by atoms with Gasteiger partial charge in [0.2, 0.25) is 5.91 Å². The molecule has 0 spiro atoms. The molecule has 17 heavy (non-hydrogen) atoms. The van der Waals surface area contributed by atoms with E-state index in [4.69, 9.17) is 5.73 Å².